The van der Waals surface area contributed by atoms with E-state index in [2.05, 4.69) is 16.4 Å². The van der Waals surface area contributed by atoms with Crippen LogP contribution in [0.1, 0.15) is 30.0 Å². The fourth-order valence-electron chi connectivity index (χ4n) is 2.21. The van der Waals surface area contributed by atoms with E-state index in [1.54, 1.807) is 18.2 Å². The first-order valence-electron chi connectivity index (χ1n) is 6.73. The molecule has 0 spiro atoms. The Labute approximate surface area is 122 Å². The van der Waals surface area contributed by atoms with Gasteiger partial charge in [0.2, 0.25) is 0 Å². The average Bonchev–Trinajstić information content (AvgIpc) is 3.32. The van der Waals surface area contributed by atoms with Gasteiger partial charge in [0.15, 0.2) is 11.6 Å². The van der Waals surface area contributed by atoms with Gasteiger partial charge in [-0.05, 0) is 37.1 Å². The highest BCUT2D eigenvalue weighted by atomic mass is 19.1. The standard InChI is InChI=1S/C16H14FN3O/c1-21-15-12(17)3-2-4-14(15)20-16-11(9-18)7-8-13(19-16)10-5-6-10/h2-4,7-8,10H,5-6H2,1H3,(H,19,20). The molecule has 21 heavy (non-hydrogen) atoms. The van der Waals surface area contributed by atoms with E-state index in [4.69, 9.17) is 4.74 Å². The van der Waals surface area contributed by atoms with Crippen molar-refractivity contribution >= 4 is 11.5 Å². The van der Waals surface area contributed by atoms with E-state index in [-0.39, 0.29) is 5.75 Å². The van der Waals surface area contributed by atoms with Crippen LogP contribution in [0.4, 0.5) is 15.9 Å². The second kappa shape index (κ2) is 5.41. The molecule has 1 heterocycles. The number of nitrogens with one attached hydrogen (secondary N) is 1. The number of aromatic nitrogens is 1. The summed E-state index contributed by atoms with van der Waals surface area (Å²) < 4.78 is 18.8. The van der Waals surface area contributed by atoms with Gasteiger partial charge >= 0.3 is 0 Å². The maximum atomic E-state index is 13.7. The molecule has 106 valence electrons. The van der Waals surface area contributed by atoms with Crippen molar-refractivity contribution in [2.45, 2.75) is 18.8 Å². The molecule has 1 aromatic carbocycles. The molecule has 4 nitrogen and oxygen atoms in total. The van der Waals surface area contributed by atoms with Crippen molar-refractivity contribution in [3.8, 4) is 11.8 Å². The lowest BCUT2D eigenvalue weighted by Crippen LogP contribution is -2.02. The number of halogens is 1. The number of rotatable bonds is 4. The lowest BCUT2D eigenvalue weighted by molar-refractivity contribution is 0.388. The molecule has 0 bridgehead atoms. The number of ether oxygens (including phenoxy) is 1. The fraction of sp³-hybridized carbons (Fsp3) is 0.250. The van der Waals surface area contributed by atoms with Crippen molar-refractivity contribution in [2.75, 3.05) is 12.4 Å². The molecule has 1 aliphatic carbocycles. The third-order valence-corrected chi connectivity index (χ3v) is 3.46. The molecule has 2 aromatic rings. The van der Waals surface area contributed by atoms with Crippen LogP contribution in [0.15, 0.2) is 30.3 Å². The molecule has 1 saturated carbocycles. The monoisotopic (exact) mass is 283 g/mol. The van der Waals surface area contributed by atoms with E-state index < -0.39 is 5.82 Å². The van der Waals surface area contributed by atoms with E-state index in [1.165, 1.54) is 13.2 Å². The number of hydrogen-bond acceptors (Lipinski definition) is 4. The zero-order chi connectivity index (χ0) is 14.8. The SMILES string of the molecule is COc1c(F)cccc1Nc1nc(C2CC2)ccc1C#N. The zero-order valence-corrected chi connectivity index (χ0v) is 11.6. The van der Waals surface area contributed by atoms with Gasteiger partial charge in [0.25, 0.3) is 0 Å². The fourth-order valence-corrected chi connectivity index (χ4v) is 2.21. The summed E-state index contributed by atoms with van der Waals surface area (Å²) in [6, 6.07) is 10.3. The largest absolute Gasteiger partial charge is 0.492 e. The maximum absolute atomic E-state index is 13.7. The van der Waals surface area contributed by atoms with Crippen LogP contribution in [0, 0.1) is 17.1 Å². The number of anilines is 2. The van der Waals surface area contributed by atoms with E-state index in [0.29, 0.717) is 23.0 Å². The Morgan fingerprint density at radius 3 is 2.81 bits per heavy atom. The van der Waals surface area contributed by atoms with Gasteiger partial charge in [0, 0.05) is 11.6 Å². The summed E-state index contributed by atoms with van der Waals surface area (Å²) >= 11 is 0. The van der Waals surface area contributed by atoms with Crippen molar-refractivity contribution < 1.29 is 9.13 Å². The van der Waals surface area contributed by atoms with Gasteiger partial charge in [-0.15, -0.1) is 0 Å². The molecular weight excluding hydrogens is 269 g/mol. The van der Waals surface area contributed by atoms with Gasteiger partial charge in [-0.25, -0.2) is 9.37 Å². The van der Waals surface area contributed by atoms with Gasteiger partial charge in [-0.3, -0.25) is 0 Å². The number of nitriles is 1. The smallest absolute Gasteiger partial charge is 0.178 e. The normalized spacial score (nSPS) is 13.6. The van der Waals surface area contributed by atoms with Gasteiger partial charge < -0.3 is 10.1 Å². The van der Waals surface area contributed by atoms with Crippen LogP contribution in [-0.4, -0.2) is 12.1 Å². The van der Waals surface area contributed by atoms with Gasteiger partial charge in [0.05, 0.1) is 18.4 Å². The highest BCUT2D eigenvalue weighted by Gasteiger charge is 2.25. The molecule has 1 aromatic heterocycles. The van der Waals surface area contributed by atoms with Crippen LogP contribution in [0.25, 0.3) is 0 Å². The molecular formula is C16H14FN3O. The van der Waals surface area contributed by atoms with Gasteiger partial charge in [0.1, 0.15) is 11.9 Å². The van der Waals surface area contributed by atoms with Crippen molar-refractivity contribution in [3.05, 3.63) is 47.4 Å². The summed E-state index contributed by atoms with van der Waals surface area (Å²) in [6.45, 7) is 0. The van der Waals surface area contributed by atoms with Crippen LogP contribution in [0.2, 0.25) is 0 Å². The summed E-state index contributed by atoms with van der Waals surface area (Å²) in [5, 5.41) is 12.2. The Hall–Kier alpha value is -2.61. The number of nitrogens with zero attached hydrogens (tertiary/aromatic N) is 2. The van der Waals surface area contributed by atoms with Crippen molar-refractivity contribution in [1.29, 1.82) is 5.26 Å². The van der Waals surface area contributed by atoms with Crippen molar-refractivity contribution in [3.63, 3.8) is 0 Å². The van der Waals surface area contributed by atoms with Crippen molar-refractivity contribution in [1.82, 2.24) is 4.98 Å². The molecule has 0 amide bonds. The Kier molecular flexibility index (Phi) is 3.44. The minimum absolute atomic E-state index is 0.111. The highest BCUT2D eigenvalue weighted by molar-refractivity contribution is 5.68. The molecule has 0 unspecified atom stereocenters. The third-order valence-electron chi connectivity index (χ3n) is 3.46. The predicted molar refractivity (Wildman–Crippen MR) is 77.2 cm³/mol. The van der Waals surface area contributed by atoms with Gasteiger partial charge in [-0.2, -0.15) is 5.26 Å². The van der Waals surface area contributed by atoms with Crippen molar-refractivity contribution in [2.24, 2.45) is 0 Å². The zero-order valence-electron chi connectivity index (χ0n) is 11.6. The molecule has 0 radical (unpaired) electrons. The van der Waals surface area contributed by atoms with Crippen LogP contribution in [-0.2, 0) is 0 Å². The van der Waals surface area contributed by atoms with E-state index in [9.17, 15) is 9.65 Å². The Bertz CT molecular complexity index is 720. The summed E-state index contributed by atoms with van der Waals surface area (Å²) in [4.78, 5) is 4.49. The van der Waals surface area contributed by atoms with Crippen LogP contribution < -0.4 is 10.1 Å². The molecule has 0 aliphatic heterocycles. The predicted octanol–water partition coefficient (Wildman–Crippen LogP) is 3.72. The van der Waals surface area contributed by atoms with Gasteiger partial charge in [-0.1, -0.05) is 6.07 Å². The summed E-state index contributed by atoms with van der Waals surface area (Å²) in [5.41, 5.74) is 1.84. The maximum Gasteiger partial charge on any atom is 0.178 e. The molecule has 0 saturated heterocycles. The first-order valence-corrected chi connectivity index (χ1v) is 6.73. The van der Waals surface area contributed by atoms with E-state index >= 15 is 0 Å². The van der Waals surface area contributed by atoms with Crippen LogP contribution in [0.5, 0.6) is 5.75 Å². The quantitative estimate of drug-likeness (QED) is 0.929. The molecule has 1 fully saturated rings. The lowest BCUT2D eigenvalue weighted by Gasteiger charge is -2.13. The number of para-hydroxylation sites is 1. The summed E-state index contributed by atoms with van der Waals surface area (Å²) in [6.07, 6.45) is 2.25. The topological polar surface area (TPSA) is 57.9 Å². The molecule has 5 heteroatoms. The second-order valence-electron chi connectivity index (χ2n) is 4.96. The van der Waals surface area contributed by atoms with E-state index in [1.807, 2.05) is 6.07 Å². The Morgan fingerprint density at radius 1 is 1.33 bits per heavy atom. The molecule has 0 atom stereocenters. The summed E-state index contributed by atoms with van der Waals surface area (Å²) in [5.74, 6) is 0.567. The number of methoxy groups -OCH3 is 1. The minimum Gasteiger partial charge on any atom is -0.492 e. The number of hydrogen-bond donors (Lipinski definition) is 1. The Morgan fingerprint density at radius 2 is 2.14 bits per heavy atom. The summed E-state index contributed by atoms with van der Waals surface area (Å²) in [7, 11) is 1.41. The number of pyridine rings is 1. The lowest BCUT2D eigenvalue weighted by atomic mass is 10.2. The average molecular weight is 283 g/mol. The Balaban J connectivity index is 1.99. The van der Waals surface area contributed by atoms with Crippen LogP contribution >= 0.6 is 0 Å². The highest BCUT2D eigenvalue weighted by Crippen LogP contribution is 2.40. The van der Waals surface area contributed by atoms with Crippen LogP contribution in [0.3, 0.4) is 0 Å². The first kappa shape index (κ1) is 13.4. The molecule has 3 rings (SSSR count). The third kappa shape index (κ3) is 2.65. The minimum atomic E-state index is -0.459. The van der Waals surface area contributed by atoms with E-state index in [0.717, 1.165) is 18.5 Å². The first-order chi connectivity index (χ1) is 10.2. The number of benzene rings is 1. The molecule has 1 N–H and O–H groups in total. The second-order valence-corrected chi connectivity index (χ2v) is 4.96. The molecule has 1 aliphatic rings.